The number of fused-ring (bicyclic) bond motifs is 13. The van der Waals surface area contributed by atoms with Crippen LogP contribution in [0.2, 0.25) is 0 Å². The van der Waals surface area contributed by atoms with Crippen molar-refractivity contribution >= 4 is 95.6 Å². The van der Waals surface area contributed by atoms with Gasteiger partial charge in [-0.05, 0) is 133 Å². The van der Waals surface area contributed by atoms with E-state index in [0.29, 0.717) is 0 Å². The molecule has 2 aromatic heterocycles. The zero-order chi connectivity index (χ0) is 50.7. The van der Waals surface area contributed by atoms with E-state index in [4.69, 9.17) is 4.42 Å². The molecule has 15 rings (SSSR count). The highest BCUT2D eigenvalue weighted by atomic mass is 16.3. The average molecular weight is 966 g/mol. The van der Waals surface area contributed by atoms with E-state index >= 15 is 0 Å². The van der Waals surface area contributed by atoms with Crippen LogP contribution in [-0.4, -0.2) is 11.3 Å². The van der Waals surface area contributed by atoms with Crippen molar-refractivity contribution in [3.63, 3.8) is 0 Å². The van der Waals surface area contributed by atoms with Crippen LogP contribution >= 0.6 is 0 Å². The third-order valence-electron chi connectivity index (χ3n) is 17.3. The van der Waals surface area contributed by atoms with Gasteiger partial charge in [0.25, 0.3) is 0 Å². The van der Waals surface area contributed by atoms with E-state index in [9.17, 15) is 0 Å². The highest BCUT2D eigenvalue weighted by molar-refractivity contribution is 6.90. The molecule has 0 unspecified atom stereocenters. The summed E-state index contributed by atoms with van der Waals surface area (Å²) >= 11 is 0. The molecule has 5 heteroatoms. The molecular formula is C70H56BN3O. The molecule has 0 N–H and O–H groups in total. The molecule has 0 saturated heterocycles. The monoisotopic (exact) mass is 965 g/mol. The lowest BCUT2D eigenvalue weighted by molar-refractivity contribution is 0.521. The van der Waals surface area contributed by atoms with Crippen molar-refractivity contribution in [1.82, 2.24) is 4.48 Å². The second kappa shape index (κ2) is 15.5. The van der Waals surface area contributed by atoms with Gasteiger partial charge in [-0.15, -0.1) is 0 Å². The van der Waals surface area contributed by atoms with E-state index in [2.05, 4.69) is 275 Å². The summed E-state index contributed by atoms with van der Waals surface area (Å²) in [6.07, 6.45) is 0. The van der Waals surface area contributed by atoms with Gasteiger partial charge in [0.05, 0.1) is 16.9 Å². The molecular weight excluding hydrogens is 910 g/mol. The molecule has 2 aliphatic heterocycles. The highest BCUT2D eigenvalue weighted by Crippen LogP contribution is 2.56. The minimum absolute atomic E-state index is 0.0685. The Labute approximate surface area is 439 Å². The van der Waals surface area contributed by atoms with Crippen LogP contribution in [0.25, 0.3) is 66.0 Å². The van der Waals surface area contributed by atoms with Crippen LogP contribution in [-0.2, 0) is 16.2 Å². The van der Waals surface area contributed by atoms with Crippen LogP contribution in [0.3, 0.4) is 0 Å². The fraction of sp³-hybridized carbons (Fsp3) is 0.143. The Kier molecular flexibility index (Phi) is 9.09. The molecule has 360 valence electrons. The molecule has 10 aromatic carbocycles. The number of hydrogen-bond donors (Lipinski definition) is 0. The molecule has 4 nitrogen and oxygen atoms in total. The third-order valence-corrected chi connectivity index (χ3v) is 17.3. The van der Waals surface area contributed by atoms with Gasteiger partial charge in [0.15, 0.2) is 5.58 Å². The Morgan fingerprint density at radius 2 is 1.07 bits per heavy atom. The summed E-state index contributed by atoms with van der Waals surface area (Å²) in [5.74, 6) is 0. The molecule has 0 atom stereocenters. The Morgan fingerprint density at radius 1 is 0.467 bits per heavy atom. The van der Waals surface area contributed by atoms with Crippen LogP contribution < -0.4 is 20.7 Å². The predicted octanol–water partition coefficient (Wildman–Crippen LogP) is 17.5. The van der Waals surface area contributed by atoms with Crippen molar-refractivity contribution in [3.8, 4) is 22.3 Å². The number of benzene rings is 10. The van der Waals surface area contributed by atoms with E-state index in [1.165, 1.54) is 88.7 Å². The van der Waals surface area contributed by atoms with Gasteiger partial charge in [-0.3, -0.25) is 0 Å². The summed E-state index contributed by atoms with van der Waals surface area (Å²) < 4.78 is 9.91. The van der Waals surface area contributed by atoms with E-state index in [-0.39, 0.29) is 23.1 Å². The summed E-state index contributed by atoms with van der Waals surface area (Å²) in [6, 6.07) is 79.5. The molecule has 0 spiro atoms. The predicted molar refractivity (Wildman–Crippen MR) is 317 cm³/mol. The molecule has 75 heavy (non-hydrogen) atoms. The van der Waals surface area contributed by atoms with Gasteiger partial charge < -0.3 is 18.7 Å². The second-order valence-electron chi connectivity index (χ2n) is 23.3. The lowest BCUT2D eigenvalue weighted by atomic mass is 9.44. The van der Waals surface area contributed by atoms with Gasteiger partial charge in [0.2, 0.25) is 0 Å². The van der Waals surface area contributed by atoms with Gasteiger partial charge in [0, 0.05) is 66.4 Å². The Morgan fingerprint density at radius 3 is 1.75 bits per heavy atom. The standard InChI is InChI=1S/C70H56BN3O/c1-68(2,3)45-35-36-60(51(38-45)43-23-11-8-12-24-43)73-61-42-58-57(69(4,5)55-32-20-21-33-56(55)70(58,6)7)41-59(61)71-63-52(37-44-25-17-18-30-49(44)65(63)73)53-39-48(72(46-26-13-9-14-27-46)47-28-15-10-16-29-47)40-54-64(53)74(71)66-50-31-19-22-34-62(50)75-67(54)66/h8-42H,1-7H3. The smallest absolute Gasteiger partial charge is 0.333 e. The molecule has 0 bridgehead atoms. The van der Waals surface area contributed by atoms with Crippen molar-refractivity contribution in [2.45, 2.75) is 64.7 Å². The maximum absolute atomic E-state index is 7.22. The first-order valence-corrected chi connectivity index (χ1v) is 26.6. The largest absolute Gasteiger partial charge is 0.454 e. The third kappa shape index (κ3) is 6.13. The van der Waals surface area contributed by atoms with Crippen LogP contribution in [0, 0.1) is 0 Å². The van der Waals surface area contributed by atoms with Crippen molar-refractivity contribution in [1.29, 1.82) is 0 Å². The summed E-state index contributed by atoms with van der Waals surface area (Å²) in [7, 11) is 0. The summed E-state index contributed by atoms with van der Waals surface area (Å²) in [5, 5.41) is 4.65. The number of para-hydroxylation sites is 3. The van der Waals surface area contributed by atoms with Gasteiger partial charge in [-0.25, -0.2) is 0 Å². The average Bonchev–Trinajstić information content (AvgIpc) is 4.21. The SMILES string of the molecule is CC(C)(C)c1ccc(N2c3cc4c(cc3B3c5c(cc6ccccc6c52)-c2cc(N(c5ccccc5)c5ccccc5)cc5c6oc7ccccc7c6n3c25)C(C)(C)c2ccccc2C4(C)C)c(-c2ccccc2)c1. The van der Waals surface area contributed by atoms with Gasteiger partial charge in [-0.1, -0.05) is 188 Å². The maximum Gasteiger partial charge on any atom is 0.333 e. The first kappa shape index (κ1) is 44.0. The lowest BCUT2D eigenvalue weighted by Gasteiger charge is -2.47. The molecule has 0 saturated carbocycles. The number of rotatable bonds is 5. The molecule has 12 aromatic rings. The van der Waals surface area contributed by atoms with Crippen LogP contribution in [0.4, 0.5) is 34.1 Å². The van der Waals surface area contributed by atoms with Crippen LogP contribution in [0.15, 0.2) is 217 Å². The van der Waals surface area contributed by atoms with Crippen molar-refractivity contribution in [3.05, 3.63) is 240 Å². The Balaban J connectivity index is 1.14. The van der Waals surface area contributed by atoms with Crippen molar-refractivity contribution < 1.29 is 4.42 Å². The number of nitrogens with zero attached hydrogens (tertiary/aromatic N) is 3. The first-order valence-electron chi connectivity index (χ1n) is 26.6. The second-order valence-corrected chi connectivity index (χ2v) is 23.3. The Hall–Kier alpha value is -8.54. The number of furan rings is 1. The highest BCUT2D eigenvalue weighted by Gasteiger charge is 2.49. The topological polar surface area (TPSA) is 24.6 Å². The minimum Gasteiger partial charge on any atom is -0.454 e. The molecule has 0 fully saturated rings. The molecule has 4 heterocycles. The normalized spacial score (nSPS) is 14.8. The Bertz CT molecular complexity index is 4310. The molecule has 3 aliphatic rings. The van der Waals surface area contributed by atoms with Gasteiger partial charge in [0.1, 0.15) is 5.58 Å². The molecule has 0 radical (unpaired) electrons. The van der Waals surface area contributed by atoms with Crippen molar-refractivity contribution in [2.24, 2.45) is 0 Å². The van der Waals surface area contributed by atoms with Gasteiger partial charge in [-0.2, -0.15) is 0 Å². The van der Waals surface area contributed by atoms with E-state index in [1.807, 2.05) is 0 Å². The minimum atomic E-state index is -0.279. The summed E-state index contributed by atoms with van der Waals surface area (Å²) in [5.41, 5.74) is 24.6. The number of aromatic nitrogens is 1. The summed E-state index contributed by atoms with van der Waals surface area (Å²) in [4.78, 5) is 5.09. The first-order chi connectivity index (χ1) is 36.4. The maximum atomic E-state index is 7.22. The molecule has 1 aliphatic carbocycles. The van der Waals surface area contributed by atoms with Crippen molar-refractivity contribution in [2.75, 3.05) is 9.80 Å². The molecule has 0 amide bonds. The van der Waals surface area contributed by atoms with Crippen LogP contribution in [0.1, 0.15) is 76.3 Å². The fourth-order valence-electron chi connectivity index (χ4n) is 13.7. The number of hydrogen-bond acceptors (Lipinski definition) is 3. The van der Waals surface area contributed by atoms with E-state index in [1.54, 1.807) is 0 Å². The zero-order valence-corrected chi connectivity index (χ0v) is 43.5. The van der Waals surface area contributed by atoms with E-state index < -0.39 is 0 Å². The quantitative estimate of drug-likeness (QED) is 0.161. The lowest BCUT2D eigenvalue weighted by Crippen LogP contribution is -2.57. The summed E-state index contributed by atoms with van der Waals surface area (Å²) in [6.45, 7) is 16.5. The van der Waals surface area contributed by atoms with E-state index in [0.717, 1.165) is 50.2 Å². The fourth-order valence-corrected chi connectivity index (χ4v) is 13.7. The van der Waals surface area contributed by atoms with Gasteiger partial charge >= 0.3 is 6.85 Å². The van der Waals surface area contributed by atoms with Crippen LogP contribution in [0.5, 0.6) is 0 Å². The number of anilines is 6. The zero-order valence-electron chi connectivity index (χ0n) is 43.5.